The zero-order chi connectivity index (χ0) is 25.3. The van der Waals surface area contributed by atoms with Crippen molar-refractivity contribution in [2.75, 3.05) is 18.0 Å². The molecule has 0 aliphatic carbocycles. The second-order valence-corrected chi connectivity index (χ2v) is 8.37. The third-order valence-corrected chi connectivity index (χ3v) is 5.86. The van der Waals surface area contributed by atoms with Crippen LogP contribution in [-0.2, 0) is 20.1 Å². The average Bonchev–Trinajstić information content (AvgIpc) is 3.19. The molecule has 186 valence electrons. The minimum Gasteiger partial charge on any atom is -0.406 e. The van der Waals surface area contributed by atoms with E-state index in [9.17, 15) is 22.8 Å². The van der Waals surface area contributed by atoms with Gasteiger partial charge in [-0.1, -0.05) is 18.1 Å². The van der Waals surface area contributed by atoms with Gasteiger partial charge < -0.3 is 15.4 Å². The fourth-order valence-electron chi connectivity index (χ4n) is 4.22. The molecule has 0 amide bonds. The van der Waals surface area contributed by atoms with Crippen molar-refractivity contribution >= 4 is 17.1 Å². The van der Waals surface area contributed by atoms with Gasteiger partial charge >= 0.3 is 12.1 Å². The van der Waals surface area contributed by atoms with Gasteiger partial charge in [-0.15, -0.1) is 19.1 Å². The van der Waals surface area contributed by atoms with E-state index in [0.717, 1.165) is 29.5 Å². The maximum atomic E-state index is 13.5. The number of hydrogen-bond acceptors (Lipinski definition) is 6. The van der Waals surface area contributed by atoms with Crippen LogP contribution < -0.4 is 26.6 Å². The van der Waals surface area contributed by atoms with Gasteiger partial charge in [0.2, 0.25) is 5.95 Å². The van der Waals surface area contributed by atoms with E-state index in [1.54, 1.807) is 11.5 Å². The van der Waals surface area contributed by atoms with Crippen LogP contribution in [0.1, 0.15) is 25.3 Å². The van der Waals surface area contributed by atoms with Crippen molar-refractivity contribution in [2.24, 2.45) is 12.8 Å². The van der Waals surface area contributed by atoms with E-state index < -0.39 is 23.4 Å². The molecule has 1 aliphatic heterocycles. The maximum absolute atomic E-state index is 13.5. The van der Waals surface area contributed by atoms with E-state index in [4.69, 9.17) is 5.73 Å². The van der Waals surface area contributed by atoms with Crippen LogP contribution in [0.25, 0.3) is 11.2 Å². The molecule has 0 saturated carbocycles. The van der Waals surface area contributed by atoms with Gasteiger partial charge in [0.05, 0.1) is 13.1 Å². The molecule has 4 rings (SSSR count). The minimum absolute atomic E-state index is 0.0287. The van der Waals surface area contributed by atoms with E-state index >= 15 is 0 Å². The van der Waals surface area contributed by atoms with Crippen molar-refractivity contribution in [3.63, 3.8) is 0 Å². The summed E-state index contributed by atoms with van der Waals surface area (Å²) in [5.74, 6) is 5.92. The Labute approximate surface area is 198 Å². The molecule has 1 aromatic carbocycles. The zero-order valence-electron chi connectivity index (χ0n) is 19.3. The number of nitrogens with two attached hydrogens (primary N) is 1. The normalized spacial score (nSPS) is 16.3. The number of imidazole rings is 1. The number of ether oxygens (including phenoxy) is 1. The lowest BCUT2D eigenvalue weighted by Gasteiger charge is -2.31. The number of alkyl halides is 3. The molecule has 1 saturated heterocycles. The number of rotatable bonds is 5. The van der Waals surface area contributed by atoms with E-state index in [1.165, 1.54) is 23.7 Å². The van der Waals surface area contributed by atoms with Crippen LogP contribution in [0.3, 0.4) is 0 Å². The van der Waals surface area contributed by atoms with Crippen LogP contribution >= 0.6 is 0 Å². The number of aryl methyl sites for hydroxylation is 1. The molecule has 3 aromatic rings. The van der Waals surface area contributed by atoms with Gasteiger partial charge in [-0.05, 0) is 37.5 Å². The van der Waals surface area contributed by atoms with Crippen LogP contribution in [0.5, 0.6) is 5.75 Å². The zero-order valence-corrected chi connectivity index (χ0v) is 19.3. The molecule has 0 radical (unpaired) electrons. The van der Waals surface area contributed by atoms with Crippen molar-refractivity contribution in [1.29, 1.82) is 0 Å². The molecule has 12 heteroatoms. The summed E-state index contributed by atoms with van der Waals surface area (Å²) in [5, 5.41) is 0. The maximum Gasteiger partial charge on any atom is 0.573 e. The summed E-state index contributed by atoms with van der Waals surface area (Å²) >= 11 is 0. The van der Waals surface area contributed by atoms with E-state index in [-0.39, 0.29) is 30.3 Å². The van der Waals surface area contributed by atoms with E-state index in [1.807, 2.05) is 4.90 Å². The Hall–Kier alpha value is -3.72. The van der Waals surface area contributed by atoms with Crippen molar-refractivity contribution in [1.82, 2.24) is 18.7 Å². The smallest absolute Gasteiger partial charge is 0.406 e. The van der Waals surface area contributed by atoms with Crippen LogP contribution in [0, 0.1) is 11.8 Å². The number of halogens is 3. The predicted octanol–water partition coefficient (Wildman–Crippen LogP) is 1.79. The number of hydrogen-bond donors (Lipinski definition) is 1. The quantitative estimate of drug-likeness (QED) is 0.548. The highest BCUT2D eigenvalue weighted by molar-refractivity contribution is 5.75. The summed E-state index contributed by atoms with van der Waals surface area (Å²) in [5.41, 5.74) is 5.91. The van der Waals surface area contributed by atoms with Crippen LogP contribution in [0.2, 0.25) is 0 Å². The van der Waals surface area contributed by atoms with Gasteiger partial charge in [-0.3, -0.25) is 18.5 Å². The SMILES string of the molecule is CC#CCn1c(N2CCCC(N)C2)nc2c1c(=O)n(Cc1ccc(OC(F)(F)F)cc1)c(=O)n2C. The fraction of sp³-hybridized carbons (Fsp3) is 0.435. The number of nitrogens with zero attached hydrogens (tertiary/aromatic N) is 5. The van der Waals surface area contributed by atoms with E-state index in [2.05, 4.69) is 21.6 Å². The molecule has 1 aliphatic rings. The van der Waals surface area contributed by atoms with Gasteiger partial charge in [-0.2, -0.15) is 4.98 Å². The molecule has 2 N–H and O–H groups in total. The van der Waals surface area contributed by atoms with Gasteiger partial charge in [0, 0.05) is 26.2 Å². The molecule has 2 aromatic heterocycles. The standard InChI is InChI=1S/C23H25F3N6O3/c1-3-4-12-31-18-19(28-21(31)30-11-5-6-16(27)14-30)29(2)22(34)32(20(18)33)13-15-7-9-17(10-8-15)35-23(24,25)26/h7-10,16H,5-6,11-14,27H2,1-2H3. The summed E-state index contributed by atoms with van der Waals surface area (Å²) in [6, 6.07) is 4.99. The van der Waals surface area contributed by atoms with Crippen LogP contribution in [0.15, 0.2) is 33.9 Å². The molecule has 0 spiro atoms. The second kappa shape index (κ2) is 9.50. The first-order valence-corrected chi connectivity index (χ1v) is 11.0. The molecule has 1 unspecified atom stereocenters. The van der Waals surface area contributed by atoms with Crippen LogP contribution in [-0.4, -0.2) is 44.2 Å². The molecule has 3 heterocycles. The first kappa shape index (κ1) is 24.4. The molecule has 1 atom stereocenters. The Bertz CT molecular complexity index is 1410. The van der Waals surface area contributed by atoms with Gasteiger partial charge in [0.15, 0.2) is 11.2 Å². The van der Waals surface area contributed by atoms with E-state index in [0.29, 0.717) is 24.6 Å². The molecular weight excluding hydrogens is 465 g/mol. The Morgan fingerprint density at radius 3 is 2.54 bits per heavy atom. The third kappa shape index (κ3) is 5.05. The lowest BCUT2D eigenvalue weighted by atomic mass is 10.1. The number of aromatic nitrogens is 4. The monoisotopic (exact) mass is 490 g/mol. The number of piperidine rings is 1. The topological polar surface area (TPSA) is 100 Å². The van der Waals surface area contributed by atoms with Crippen molar-refractivity contribution in [2.45, 2.75) is 45.3 Å². The summed E-state index contributed by atoms with van der Waals surface area (Å²) in [7, 11) is 1.52. The van der Waals surface area contributed by atoms with Crippen molar-refractivity contribution in [3.8, 4) is 17.6 Å². The van der Waals surface area contributed by atoms with Gasteiger partial charge in [0.1, 0.15) is 5.75 Å². The number of fused-ring (bicyclic) bond motifs is 1. The molecule has 9 nitrogen and oxygen atoms in total. The molecule has 1 fully saturated rings. The van der Waals surface area contributed by atoms with Crippen molar-refractivity contribution < 1.29 is 17.9 Å². The number of benzene rings is 1. The first-order valence-electron chi connectivity index (χ1n) is 11.0. The Balaban J connectivity index is 1.80. The summed E-state index contributed by atoms with van der Waals surface area (Å²) < 4.78 is 45.2. The van der Waals surface area contributed by atoms with Crippen LogP contribution in [0.4, 0.5) is 19.1 Å². The molecular formula is C23H25F3N6O3. The second-order valence-electron chi connectivity index (χ2n) is 8.37. The highest BCUT2D eigenvalue weighted by atomic mass is 19.4. The summed E-state index contributed by atoms with van der Waals surface area (Å²) in [6.45, 7) is 3.03. The minimum atomic E-state index is -4.81. The number of anilines is 1. The van der Waals surface area contributed by atoms with Crippen molar-refractivity contribution in [3.05, 3.63) is 50.7 Å². The highest BCUT2D eigenvalue weighted by Gasteiger charge is 2.31. The predicted molar refractivity (Wildman–Crippen MR) is 124 cm³/mol. The Morgan fingerprint density at radius 2 is 1.91 bits per heavy atom. The Kier molecular flexibility index (Phi) is 6.62. The van der Waals surface area contributed by atoms with Gasteiger partial charge in [0.25, 0.3) is 5.56 Å². The average molecular weight is 490 g/mol. The highest BCUT2D eigenvalue weighted by Crippen LogP contribution is 2.24. The first-order chi connectivity index (χ1) is 16.6. The van der Waals surface area contributed by atoms with Gasteiger partial charge in [-0.25, -0.2) is 4.79 Å². The molecule has 0 bridgehead atoms. The summed E-state index contributed by atoms with van der Waals surface area (Å²) in [6.07, 6.45) is -3.04. The lowest BCUT2D eigenvalue weighted by Crippen LogP contribution is -2.44. The molecule has 35 heavy (non-hydrogen) atoms. The third-order valence-electron chi connectivity index (χ3n) is 5.86. The Morgan fingerprint density at radius 1 is 1.20 bits per heavy atom. The summed E-state index contributed by atoms with van der Waals surface area (Å²) in [4.78, 5) is 33.2. The largest absolute Gasteiger partial charge is 0.573 e. The lowest BCUT2D eigenvalue weighted by molar-refractivity contribution is -0.274. The fourth-order valence-corrected chi connectivity index (χ4v) is 4.22.